The van der Waals surface area contributed by atoms with Crippen LogP contribution in [0.25, 0.3) is 0 Å². The van der Waals surface area contributed by atoms with Crippen LogP contribution >= 0.6 is 0 Å². The average molecular weight is 118 g/mol. The molecule has 5 N–H and O–H groups in total. The second-order valence-electron chi connectivity index (χ2n) is 2.40. The van der Waals surface area contributed by atoms with Gasteiger partial charge in [0.25, 0.3) is 0 Å². The monoisotopic (exact) mass is 118 g/mol. The van der Waals surface area contributed by atoms with Crippen molar-refractivity contribution in [1.29, 1.82) is 0 Å². The lowest BCUT2D eigenvalue weighted by molar-refractivity contribution is 0.441. The molecule has 1 saturated carbocycles. The van der Waals surface area contributed by atoms with Crippen LogP contribution in [0.5, 0.6) is 0 Å². The highest BCUT2D eigenvalue weighted by molar-refractivity contribution is 4.66. The largest absolute Gasteiger partial charge is 0.344 e. The van der Waals surface area contributed by atoms with E-state index in [4.69, 9.17) is 5.73 Å². The summed E-state index contributed by atoms with van der Waals surface area (Å²) in [6.07, 6.45) is 6.66. The molecule has 2 heteroatoms. The Labute approximate surface area is 52.5 Å². The molecule has 0 aromatic rings. The van der Waals surface area contributed by atoms with Crippen LogP contribution in [0.3, 0.4) is 0 Å². The lowest BCUT2D eigenvalue weighted by Crippen LogP contribution is -2.22. The van der Waals surface area contributed by atoms with Crippen LogP contribution in [0.1, 0.15) is 33.5 Å². The third-order valence-electron chi connectivity index (χ3n) is 1.65. The van der Waals surface area contributed by atoms with Crippen molar-refractivity contribution in [3.63, 3.8) is 0 Å². The summed E-state index contributed by atoms with van der Waals surface area (Å²) in [4.78, 5) is 0. The first-order valence-corrected chi connectivity index (χ1v) is 3.15. The standard InChI is InChI=1S/C6H13N.H3N.H2/c7-6-4-2-1-3-5-6;;/h6H,1-5,7H2;1H3;1H. The second-order valence-corrected chi connectivity index (χ2v) is 2.40. The van der Waals surface area contributed by atoms with Gasteiger partial charge in [0.1, 0.15) is 0 Å². The molecular weight excluding hydrogens is 100 g/mol. The highest BCUT2D eigenvalue weighted by Gasteiger charge is 2.06. The Kier molecular flexibility index (Phi) is 3.83. The van der Waals surface area contributed by atoms with Crippen LogP contribution in [0, 0.1) is 0 Å². The van der Waals surface area contributed by atoms with Crippen molar-refractivity contribution in [3.05, 3.63) is 0 Å². The normalized spacial score (nSPS) is 22.1. The molecule has 0 spiro atoms. The minimum atomic E-state index is 0. The maximum atomic E-state index is 5.63. The van der Waals surface area contributed by atoms with E-state index in [9.17, 15) is 0 Å². The van der Waals surface area contributed by atoms with Gasteiger partial charge in [-0.2, -0.15) is 0 Å². The van der Waals surface area contributed by atoms with Gasteiger partial charge in [-0.15, -0.1) is 0 Å². The van der Waals surface area contributed by atoms with Gasteiger partial charge >= 0.3 is 0 Å². The second kappa shape index (κ2) is 3.87. The highest BCUT2D eigenvalue weighted by atomic mass is 14.6. The van der Waals surface area contributed by atoms with Gasteiger partial charge in [-0.05, 0) is 12.8 Å². The Morgan fingerprint density at radius 1 is 1.12 bits per heavy atom. The van der Waals surface area contributed by atoms with Gasteiger partial charge in [-0.1, -0.05) is 19.3 Å². The summed E-state index contributed by atoms with van der Waals surface area (Å²) < 4.78 is 0. The van der Waals surface area contributed by atoms with Crippen molar-refractivity contribution < 1.29 is 1.43 Å². The fourth-order valence-corrected chi connectivity index (χ4v) is 1.13. The van der Waals surface area contributed by atoms with E-state index in [1.807, 2.05) is 0 Å². The van der Waals surface area contributed by atoms with Crippen LogP contribution in [0.15, 0.2) is 0 Å². The van der Waals surface area contributed by atoms with Gasteiger partial charge in [-0.3, -0.25) is 0 Å². The molecule has 0 unspecified atom stereocenters. The Balaban J connectivity index is 0. The van der Waals surface area contributed by atoms with E-state index in [1.165, 1.54) is 32.1 Å². The molecule has 0 aliphatic heterocycles. The van der Waals surface area contributed by atoms with Crippen LogP contribution in [-0.4, -0.2) is 6.04 Å². The zero-order chi connectivity index (χ0) is 5.11. The van der Waals surface area contributed by atoms with Crippen molar-refractivity contribution >= 4 is 0 Å². The van der Waals surface area contributed by atoms with Crippen LogP contribution in [0.2, 0.25) is 0 Å². The van der Waals surface area contributed by atoms with Gasteiger partial charge in [0.05, 0.1) is 0 Å². The van der Waals surface area contributed by atoms with E-state index in [-0.39, 0.29) is 7.58 Å². The van der Waals surface area contributed by atoms with E-state index in [2.05, 4.69) is 0 Å². The van der Waals surface area contributed by atoms with Gasteiger partial charge in [-0.25, -0.2) is 0 Å². The van der Waals surface area contributed by atoms with E-state index in [0.29, 0.717) is 6.04 Å². The molecule has 1 rings (SSSR count). The summed E-state index contributed by atoms with van der Waals surface area (Å²) in [6.45, 7) is 0. The number of hydrogen-bond donors (Lipinski definition) is 2. The third kappa shape index (κ3) is 2.28. The summed E-state index contributed by atoms with van der Waals surface area (Å²) in [5.74, 6) is 0. The number of hydrogen-bond acceptors (Lipinski definition) is 2. The zero-order valence-corrected chi connectivity index (χ0v) is 5.40. The minimum Gasteiger partial charge on any atom is -0.344 e. The quantitative estimate of drug-likeness (QED) is 0.508. The van der Waals surface area contributed by atoms with Crippen LogP contribution < -0.4 is 11.9 Å². The molecule has 0 amide bonds. The first-order chi connectivity index (χ1) is 3.39. The smallest absolute Gasteiger partial charge is 0.00388 e. The third-order valence-corrected chi connectivity index (χ3v) is 1.65. The van der Waals surface area contributed by atoms with E-state index < -0.39 is 0 Å². The molecule has 0 aromatic heterocycles. The van der Waals surface area contributed by atoms with Crippen molar-refractivity contribution in [2.75, 3.05) is 0 Å². The molecule has 0 heterocycles. The Morgan fingerprint density at radius 2 is 1.62 bits per heavy atom. The zero-order valence-electron chi connectivity index (χ0n) is 5.40. The number of rotatable bonds is 0. The van der Waals surface area contributed by atoms with Crippen LogP contribution in [-0.2, 0) is 0 Å². The summed E-state index contributed by atoms with van der Waals surface area (Å²) in [5.41, 5.74) is 5.63. The van der Waals surface area contributed by atoms with E-state index in [0.717, 1.165) is 0 Å². The molecule has 1 aliphatic carbocycles. The topological polar surface area (TPSA) is 61.0 Å². The Bertz CT molecular complexity index is 53.0. The van der Waals surface area contributed by atoms with Gasteiger partial charge in [0.2, 0.25) is 0 Å². The molecule has 0 saturated heterocycles. The maximum Gasteiger partial charge on any atom is 0.00388 e. The highest BCUT2D eigenvalue weighted by Crippen LogP contribution is 2.14. The predicted molar refractivity (Wildman–Crippen MR) is 38.2 cm³/mol. The molecule has 0 bridgehead atoms. The molecule has 2 nitrogen and oxygen atoms in total. The Morgan fingerprint density at radius 3 is 1.88 bits per heavy atom. The SMILES string of the molecule is N.NC1CCCCC1.[HH]. The van der Waals surface area contributed by atoms with E-state index >= 15 is 0 Å². The average Bonchev–Trinajstić information content (AvgIpc) is 1.69. The fraction of sp³-hybridized carbons (Fsp3) is 1.00. The van der Waals surface area contributed by atoms with Crippen molar-refractivity contribution in [2.45, 2.75) is 38.1 Å². The van der Waals surface area contributed by atoms with Gasteiger partial charge in [0, 0.05) is 7.47 Å². The van der Waals surface area contributed by atoms with E-state index in [1.54, 1.807) is 0 Å². The minimum absolute atomic E-state index is 0. The summed E-state index contributed by atoms with van der Waals surface area (Å²) in [5, 5.41) is 0. The molecular formula is C6H18N2. The van der Waals surface area contributed by atoms with Crippen LogP contribution in [0.4, 0.5) is 0 Å². The summed E-state index contributed by atoms with van der Waals surface area (Å²) in [7, 11) is 0. The first kappa shape index (κ1) is 7.92. The lowest BCUT2D eigenvalue weighted by atomic mass is 9.97. The molecule has 0 aromatic carbocycles. The molecule has 1 fully saturated rings. The van der Waals surface area contributed by atoms with Gasteiger partial charge in [0.15, 0.2) is 0 Å². The molecule has 0 atom stereocenters. The predicted octanol–water partition coefficient (Wildman–Crippen LogP) is 1.69. The summed E-state index contributed by atoms with van der Waals surface area (Å²) >= 11 is 0. The molecule has 8 heavy (non-hydrogen) atoms. The molecule has 52 valence electrons. The fourth-order valence-electron chi connectivity index (χ4n) is 1.13. The lowest BCUT2D eigenvalue weighted by Gasteiger charge is -2.15. The summed E-state index contributed by atoms with van der Waals surface area (Å²) in [6, 6.07) is 0.536. The maximum absolute atomic E-state index is 5.63. The van der Waals surface area contributed by atoms with Gasteiger partial charge < -0.3 is 11.9 Å². The molecule has 0 radical (unpaired) electrons. The first-order valence-electron chi connectivity index (χ1n) is 3.15. The van der Waals surface area contributed by atoms with Crippen molar-refractivity contribution in [3.8, 4) is 0 Å². The van der Waals surface area contributed by atoms with Crippen molar-refractivity contribution in [2.24, 2.45) is 5.73 Å². The Hall–Kier alpha value is -0.0800. The number of nitrogens with two attached hydrogens (primary N) is 1. The molecule has 1 aliphatic rings. The van der Waals surface area contributed by atoms with Crippen molar-refractivity contribution in [1.82, 2.24) is 6.15 Å².